The fraction of sp³-hybridized carbons (Fsp3) is 0.0538. The number of aryl methyl sites for hydroxylation is 1. The molecule has 0 bridgehead atoms. The van der Waals surface area contributed by atoms with Crippen LogP contribution in [0.1, 0.15) is 69.0 Å². The normalized spacial score (nSPS) is 15.6. The first-order valence-corrected chi connectivity index (χ1v) is 34.9. The van der Waals surface area contributed by atoms with Crippen molar-refractivity contribution in [3.05, 3.63) is 420 Å². The third-order valence-electron chi connectivity index (χ3n) is 19.7. The molecule has 0 saturated heterocycles. The highest BCUT2D eigenvalue weighted by Crippen LogP contribution is 2.60. The van der Waals surface area contributed by atoms with Crippen LogP contribution in [0, 0.1) is 6.92 Å². The number of hydrogen-bond acceptors (Lipinski definition) is 4. The molecule has 0 radical (unpaired) electrons. The molecule has 0 amide bonds. The second kappa shape index (κ2) is 25.9. The van der Waals surface area contributed by atoms with Crippen LogP contribution in [0.4, 0.5) is 34.1 Å². The molecule has 13 aromatic rings. The van der Waals surface area contributed by atoms with E-state index >= 15 is 0 Å². The summed E-state index contributed by atoms with van der Waals surface area (Å²) in [5.74, 6) is 0. The number of benzene rings is 13. The lowest BCUT2D eigenvalue weighted by atomic mass is 9.66. The Labute approximate surface area is 579 Å². The number of anilines is 6. The standard InChI is InChI=1S/C93H70N2S2/c1-5-66-31-52-80(53-32-66)96-82-56-42-72(43-57-82)92(70-19-17-18-64(3)28-39-70)88-26-15-13-24-84(88)86-60-50-78(62-90(86)92)94(74-20-9-7-10-21-74)76-46-35-68(36-47-76)69-37-48-77(49-38-69)95(75-22-11-8-12-23-75)79-51-61-87-85-25-14-16-27-89(85)93(91(87)63-79,71-40-29-65(4)30-41-71)73-44-58-83(59-45-73)97-81-54-33-67(6-2)34-55-81/h5-18,20-63H,1-2,19H2,3-4H3. The highest BCUT2D eigenvalue weighted by Gasteiger charge is 2.49. The minimum atomic E-state index is -0.594. The Balaban J connectivity index is 0.756. The summed E-state index contributed by atoms with van der Waals surface area (Å²) in [7, 11) is 0. The molecular weight excluding hydrogens is 1210 g/mol. The van der Waals surface area contributed by atoms with Gasteiger partial charge in [-0.15, -0.1) is 0 Å². The molecule has 2 unspecified atom stereocenters. The van der Waals surface area contributed by atoms with Crippen molar-refractivity contribution in [2.24, 2.45) is 0 Å². The van der Waals surface area contributed by atoms with Gasteiger partial charge in [-0.2, -0.15) is 0 Å². The molecule has 0 N–H and O–H groups in total. The first-order chi connectivity index (χ1) is 47.8. The summed E-state index contributed by atoms with van der Waals surface area (Å²) >= 11 is 3.57. The summed E-state index contributed by atoms with van der Waals surface area (Å²) < 4.78 is 0. The molecule has 0 heterocycles. The van der Waals surface area contributed by atoms with Crippen LogP contribution >= 0.6 is 23.5 Å². The monoisotopic (exact) mass is 1280 g/mol. The highest BCUT2D eigenvalue weighted by molar-refractivity contribution is 7.99. The number of rotatable bonds is 17. The number of para-hydroxylation sites is 2. The summed E-state index contributed by atoms with van der Waals surface area (Å²) in [6, 6.07) is 117. The maximum Gasteiger partial charge on any atom is 0.0714 e. The van der Waals surface area contributed by atoms with Crippen molar-refractivity contribution in [1.82, 2.24) is 0 Å². The average Bonchev–Trinajstić information content (AvgIpc) is 1.56. The molecule has 97 heavy (non-hydrogen) atoms. The fourth-order valence-electron chi connectivity index (χ4n) is 15.1. The van der Waals surface area contributed by atoms with E-state index in [1.54, 1.807) is 23.5 Å². The van der Waals surface area contributed by atoms with Crippen molar-refractivity contribution in [2.75, 3.05) is 9.80 Å². The van der Waals surface area contributed by atoms with E-state index in [9.17, 15) is 0 Å². The van der Waals surface area contributed by atoms with Gasteiger partial charge in [0.25, 0.3) is 0 Å². The summed E-state index contributed by atoms with van der Waals surface area (Å²) in [5.41, 5.74) is 27.5. The van der Waals surface area contributed by atoms with Gasteiger partial charge in [0.05, 0.1) is 10.8 Å². The zero-order valence-electron chi connectivity index (χ0n) is 54.3. The molecule has 16 rings (SSSR count). The van der Waals surface area contributed by atoms with Crippen molar-refractivity contribution in [2.45, 2.75) is 50.7 Å². The molecule has 0 aliphatic heterocycles. The van der Waals surface area contributed by atoms with Crippen molar-refractivity contribution in [1.29, 1.82) is 0 Å². The molecule has 0 fully saturated rings. The Morgan fingerprint density at radius 2 is 0.691 bits per heavy atom. The molecule has 2 nitrogen and oxygen atoms in total. The zero-order valence-corrected chi connectivity index (χ0v) is 56.0. The van der Waals surface area contributed by atoms with Crippen LogP contribution in [0.3, 0.4) is 0 Å². The van der Waals surface area contributed by atoms with Gasteiger partial charge in [0, 0.05) is 53.7 Å². The van der Waals surface area contributed by atoms with Gasteiger partial charge >= 0.3 is 0 Å². The molecule has 4 heteroatoms. The molecule has 3 aliphatic carbocycles. The first-order valence-electron chi connectivity index (χ1n) is 33.3. The minimum Gasteiger partial charge on any atom is -0.310 e. The summed E-state index contributed by atoms with van der Waals surface area (Å²) in [6.45, 7) is 12.3. The molecule has 464 valence electrons. The second-order valence-corrected chi connectivity index (χ2v) is 27.7. The Morgan fingerprint density at radius 3 is 1.14 bits per heavy atom. The molecule has 0 aromatic heterocycles. The quantitative estimate of drug-likeness (QED) is 0.0896. The minimum absolute atomic E-state index is 0.568. The van der Waals surface area contributed by atoms with E-state index in [0.717, 1.165) is 62.8 Å². The molecule has 0 spiro atoms. The maximum absolute atomic E-state index is 3.97. The highest BCUT2D eigenvalue weighted by atomic mass is 32.2. The fourth-order valence-corrected chi connectivity index (χ4v) is 16.7. The third kappa shape index (κ3) is 11.0. The van der Waals surface area contributed by atoms with E-state index < -0.39 is 10.8 Å². The Bertz CT molecular complexity index is 5190. The number of nitrogens with zero attached hydrogens (tertiary/aromatic N) is 2. The van der Waals surface area contributed by atoms with Crippen LogP contribution in [-0.4, -0.2) is 0 Å². The van der Waals surface area contributed by atoms with Crippen LogP contribution < -0.4 is 9.80 Å². The van der Waals surface area contributed by atoms with Gasteiger partial charge in [0.15, 0.2) is 0 Å². The summed E-state index contributed by atoms with van der Waals surface area (Å²) in [5, 5.41) is 0. The second-order valence-electron chi connectivity index (χ2n) is 25.4. The number of hydrogen-bond donors (Lipinski definition) is 0. The van der Waals surface area contributed by atoms with Crippen molar-refractivity contribution >= 4 is 69.8 Å². The van der Waals surface area contributed by atoms with Gasteiger partial charge in [-0.1, -0.05) is 278 Å². The molecule has 2 atom stereocenters. The molecule has 13 aromatic carbocycles. The van der Waals surface area contributed by atoms with E-state index in [4.69, 9.17) is 0 Å². The average molecular weight is 1280 g/mol. The van der Waals surface area contributed by atoms with Crippen molar-refractivity contribution in [3.63, 3.8) is 0 Å². The van der Waals surface area contributed by atoms with E-state index in [2.05, 4.69) is 377 Å². The third-order valence-corrected chi connectivity index (χ3v) is 21.7. The SMILES string of the molecule is C=Cc1ccc(Sc2ccc(C3(C4=CC=C(C)C=CC4)c4ccccc4-c4ccc(N(c5ccccc5)c5ccc(-c6ccc(N(c7ccccc7)c7ccc8c(c7)C(c7ccc(C)cc7)(c7ccc(Sc9ccc(C=C)cc9)cc7)c7ccccc7-8)cc6)cc5)cc43)cc2)cc1. The van der Waals surface area contributed by atoms with E-state index in [1.807, 2.05) is 12.2 Å². The van der Waals surface area contributed by atoms with Gasteiger partial charge < -0.3 is 9.80 Å². The predicted molar refractivity (Wildman–Crippen MR) is 412 cm³/mol. The lowest BCUT2D eigenvalue weighted by molar-refractivity contribution is 0.726. The van der Waals surface area contributed by atoms with Gasteiger partial charge in [-0.3, -0.25) is 0 Å². The van der Waals surface area contributed by atoms with Crippen molar-refractivity contribution < 1.29 is 0 Å². The van der Waals surface area contributed by atoms with Crippen LogP contribution in [0.5, 0.6) is 0 Å². The van der Waals surface area contributed by atoms with E-state index in [-0.39, 0.29) is 0 Å². The van der Waals surface area contributed by atoms with Gasteiger partial charge in [-0.25, -0.2) is 0 Å². The van der Waals surface area contributed by atoms with Gasteiger partial charge in [0.2, 0.25) is 0 Å². The Hall–Kier alpha value is -11.1. The maximum atomic E-state index is 3.97. The smallest absolute Gasteiger partial charge is 0.0714 e. The van der Waals surface area contributed by atoms with Gasteiger partial charge in [0.1, 0.15) is 0 Å². The topological polar surface area (TPSA) is 6.48 Å². The molecule has 0 saturated carbocycles. The summed E-state index contributed by atoms with van der Waals surface area (Å²) in [6.07, 6.45) is 13.9. The van der Waals surface area contributed by atoms with E-state index in [0.29, 0.717) is 0 Å². The van der Waals surface area contributed by atoms with Crippen LogP contribution in [0.15, 0.2) is 384 Å². The first kappa shape index (κ1) is 60.8. The molecular formula is C93H70N2S2. The lowest BCUT2D eigenvalue weighted by Crippen LogP contribution is -2.30. The lowest BCUT2D eigenvalue weighted by Gasteiger charge is -2.36. The van der Waals surface area contributed by atoms with Crippen LogP contribution in [0.2, 0.25) is 0 Å². The molecule has 3 aliphatic rings. The Kier molecular flexibility index (Phi) is 16.2. The number of allylic oxidation sites excluding steroid dienone is 6. The van der Waals surface area contributed by atoms with E-state index in [1.165, 1.54) is 97.5 Å². The number of fused-ring (bicyclic) bond motifs is 6. The summed E-state index contributed by atoms with van der Waals surface area (Å²) in [4.78, 5) is 9.62. The largest absolute Gasteiger partial charge is 0.310 e. The van der Waals surface area contributed by atoms with Crippen LogP contribution in [0.25, 0.3) is 45.5 Å². The van der Waals surface area contributed by atoms with Crippen molar-refractivity contribution in [3.8, 4) is 33.4 Å². The predicted octanol–water partition coefficient (Wildman–Crippen LogP) is 25.7. The Morgan fingerprint density at radius 1 is 0.330 bits per heavy atom. The van der Waals surface area contributed by atoms with Crippen LogP contribution in [-0.2, 0) is 10.8 Å². The van der Waals surface area contributed by atoms with Gasteiger partial charge in [-0.05, 0) is 231 Å². The zero-order chi connectivity index (χ0) is 65.5.